The second-order valence-corrected chi connectivity index (χ2v) is 3.04. The molecule has 0 unspecified atom stereocenters. The molecule has 0 atom stereocenters. The van der Waals surface area contributed by atoms with Crippen LogP contribution >= 0.6 is 11.6 Å². The minimum atomic E-state index is 0.292. The molecule has 3 rings (SSSR count). The van der Waals surface area contributed by atoms with Gasteiger partial charge in [-0.1, -0.05) is 11.6 Å². The molecule has 68 valence electrons. The van der Waals surface area contributed by atoms with Crippen LogP contribution in [0.2, 0.25) is 5.15 Å². The highest BCUT2D eigenvalue weighted by atomic mass is 35.5. The molecule has 0 aromatic carbocycles. The fraction of sp³-hybridized carbons (Fsp3) is 0. The molecule has 3 aromatic heterocycles. The number of rotatable bonds is 0. The molecule has 3 heterocycles. The van der Waals surface area contributed by atoms with E-state index in [1.807, 2.05) is 6.07 Å². The van der Waals surface area contributed by atoms with Gasteiger partial charge < -0.3 is 0 Å². The van der Waals surface area contributed by atoms with E-state index in [0.29, 0.717) is 16.3 Å². The van der Waals surface area contributed by atoms with Crippen LogP contribution in [0.5, 0.6) is 0 Å². The zero-order chi connectivity index (χ0) is 9.54. The molecule has 7 heteroatoms. The van der Waals surface area contributed by atoms with E-state index in [0.717, 1.165) is 5.39 Å². The fourth-order valence-corrected chi connectivity index (χ4v) is 1.51. The van der Waals surface area contributed by atoms with E-state index in [-0.39, 0.29) is 0 Å². The van der Waals surface area contributed by atoms with Crippen molar-refractivity contribution in [2.75, 3.05) is 0 Å². The van der Waals surface area contributed by atoms with Gasteiger partial charge in [0.2, 0.25) is 5.65 Å². The number of aromatic nitrogens is 6. The van der Waals surface area contributed by atoms with Gasteiger partial charge >= 0.3 is 0 Å². The Bertz CT molecular complexity index is 618. The van der Waals surface area contributed by atoms with Crippen LogP contribution in [0.1, 0.15) is 0 Å². The van der Waals surface area contributed by atoms with Crippen LogP contribution in [0, 0.1) is 0 Å². The zero-order valence-corrected chi connectivity index (χ0v) is 7.55. The monoisotopic (exact) mass is 206 g/mol. The molecule has 0 aliphatic carbocycles. The lowest BCUT2D eigenvalue weighted by molar-refractivity contribution is 0.736. The van der Waals surface area contributed by atoms with Crippen LogP contribution in [-0.4, -0.2) is 30.2 Å². The SMILES string of the molecule is Clc1nn2nnnc2c2cccnc12. The van der Waals surface area contributed by atoms with Crippen LogP contribution in [0.25, 0.3) is 16.6 Å². The predicted octanol–water partition coefficient (Wildman–Crippen LogP) is 0.721. The summed E-state index contributed by atoms with van der Waals surface area (Å²) in [5.41, 5.74) is 1.16. The van der Waals surface area contributed by atoms with Crippen molar-refractivity contribution in [2.45, 2.75) is 0 Å². The van der Waals surface area contributed by atoms with Crippen LogP contribution in [0.3, 0.4) is 0 Å². The van der Waals surface area contributed by atoms with E-state index in [4.69, 9.17) is 11.6 Å². The average molecular weight is 207 g/mol. The average Bonchev–Trinajstić information content (AvgIpc) is 2.66. The molecule has 0 aliphatic heterocycles. The topological polar surface area (TPSA) is 68.9 Å². The molecular weight excluding hydrogens is 204 g/mol. The summed E-state index contributed by atoms with van der Waals surface area (Å²) in [6.45, 7) is 0. The Morgan fingerprint density at radius 2 is 2.29 bits per heavy atom. The first kappa shape index (κ1) is 7.57. The number of nitrogens with zero attached hydrogens (tertiary/aromatic N) is 6. The Morgan fingerprint density at radius 1 is 1.36 bits per heavy atom. The van der Waals surface area contributed by atoms with Crippen molar-refractivity contribution >= 4 is 28.2 Å². The Hall–Kier alpha value is -1.82. The largest absolute Gasteiger partial charge is 0.253 e. The Kier molecular flexibility index (Phi) is 1.40. The summed E-state index contributed by atoms with van der Waals surface area (Å²) in [5.74, 6) is 0. The molecule has 0 bridgehead atoms. The van der Waals surface area contributed by atoms with E-state index in [1.165, 1.54) is 4.63 Å². The van der Waals surface area contributed by atoms with E-state index in [2.05, 4.69) is 25.6 Å². The molecule has 0 N–H and O–H groups in total. The van der Waals surface area contributed by atoms with Crippen LogP contribution < -0.4 is 0 Å². The highest BCUT2D eigenvalue weighted by Gasteiger charge is 2.09. The molecule has 0 aliphatic rings. The van der Waals surface area contributed by atoms with Gasteiger partial charge in [-0.15, -0.1) is 14.8 Å². The maximum Gasteiger partial charge on any atom is 0.209 e. The second kappa shape index (κ2) is 2.58. The fourth-order valence-electron chi connectivity index (χ4n) is 1.29. The summed E-state index contributed by atoms with van der Waals surface area (Å²) in [4.78, 5) is 4.11. The third-order valence-electron chi connectivity index (χ3n) is 1.88. The molecular formula is C7H3ClN6. The zero-order valence-electron chi connectivity index (χ0n) is 6.79. The summed E-state index contributed by atoms with van der Waals surface area (Å²) in [6.07, 6.45) is 1.65. The summed E-state index contributed by atoms with van der Waals surface area (Å²) in [7, 11) is 0. The standard InChI is InChI=1S/C7H3ClN6/c8-6-5-4(2-1-3-9-5)7-10-12-13-14(7)11-6/h1-3H. The quantitative estimate of drug-likeness (QED) is 0.542. The van der Waals surface area contributed by atoms with Gasteiger partial charge in [0.15, 0.2) is 5.15 Å². The van der Waals surface area contributed by atoms with Crippen LogP contribution in [0.4, 0.5) is 0 Å². The first-order valence-corrected chi connectivity index (χ1v) is 4.22. The van der Waals surface area contributed by atoms with Crippen molar-refractivity contribution in [1.82, 2.24) is 30.2 Å². The Balaban J connectivity index is 2.67. The molecule has 0 saturated carbocycles. The number of pyridine rings is 1. The van der Waals surface area contributed by atoms with Crippen molar-refractivity contribution < 1.29 is 0 Å². The molecule has 0 amide bonds. The van der Waals surface area contributed by atoms with Crippen molar-refractivity contribution in [2.24, 2.45) is 0 Å². The third kappa shape index (κ3) is 0.882. The van der Waals surface area contributed by atoms with Gasteiger partial charge in [0, 0.05) is 6.20 Å². The van der Waals surface area contributed by atoms with Crippen molar-refractivity contribution in [3.63, 3.8) is 0 Å². The Labute approximate surface area is 82.5 Å². The summed E-state index contributed by atoms with van der Waals surface area (Å²) >= 11 is 5.90. The van der Waals surface area contributed by atoms with E-state index < -0.39 is 0 Å². The van der Waals surface area contributed by atoms with Crippen LogP contribution in [0.15, 0.2) is 18.3 Å². The molecule has 3 aromatic rings. The molecule has 6 nitrogen and oxygen atoms in total. The number of tetrazole rings is 1. The van der Waals surface area contributed by atoms with E-state index in [9.17, 15) is 0 Å². The lowest BCUT2D eigenvalue weighted by Gasteiger charge is -1.97. The number of fused-ring (bicyclic) bond motifs is 3. The van der Waals surface area contributed by atoms with Crippen molar-refractivity contribution in [3.8, 4) is 0 Å². The highest BCUT2D eigenvalue weighted by molar-refractivity contribution is 6.34. The van der Waals surface area contributed by atoms with Gasteiger partial charge in [-0.05, 0) is 22.6 Å². The summed E-state index contributed by atoms with van der Waals surface area (Å²) < 4.78 is 1.28. The van der Waals surface area contributed by atoms with E-state index in [1.54, 1.807) is 12.3 Å². The highest BCUT2D eigenvalue weighted by Crippen LogP contribution is 2.20. The first-order valence-electron chi connectivity index (χ1n) is 3.85. The lowest BCUT2D eigenvalue weighted by atomic mass is 10.3. The minimum absolute atomic E-state index is 0.292. The molecule has 0 spiro atoms. The lowest BCUT2D eigenvalue weighted by Crippen LogP contribution is -1.96. The van der Waals surface area contributed by atoms with Crippen molar-refractivity contribution in [3.05, 3.63) is 23.5 Å². The predicted molar refractivity (Wildman–Crippen MR) is 48.9 cm³/mol. The van der Waals surface area contributed by atoms with Gasteiger partial charge in [-0.25, -0.2) is 0 Å². The van der Waals surface area contributed by atoms with Crippen molar-refractivity contribution in [1.29, 1.82) is 0 Å². The Morgan fingerprint density at radius 3 is 3.21 bits per heavy atom. The molecule has 0 fully saturated rings. The van der Waals surface area contributed by atoms with Gasteiger partial charge in [-0.3, -0.25) is 4.98 Å². The van der Waals surface area contributed by atoms with Gasteiger partial charge in [-0.2, -0.15) is 0 Å². The summed E-state index contributed by atoms with van der Waals surface area (Å²) in [5, 5.41) is 16.0. The third-order valence-corrected chi connectivity index (χ3v) is 2.13. The van der Waals surface area contributed by atoms with Gasteiger partial charge in [0.05, 0.1) is 5.39 Å². The smallest absolute Gasteiger partial charge is 0.209 e. The van der Waals surface area contributed by atoms with Crippen LogP contribution in [-0.2, 0) is 0 Å². The maximum absolute atomic E-state index is 5.90. The number of hydrogen-bond acceptors (Lipinski definition) is 5. The molecule has 0 radical (unpaired) electrons. The van der Waals surface area contributed by atoms with E-state index >= 15 is 0 Å². The first-order chi connectivity index (χ1) is 6.86. The summed E-state index contributed by atoms with van der Waals surface area (Å²) in [6, 6.07) is 3.65. The molecule has 14 heavy (non-hydrogen) atoms. The normalized spacial score (nSPS) is 11.2. The number of halogens is 1. The molecule has 0 saturated heterocycles. The number of hydrogen-bond donors (Lipinski definition) is 0. The van der Waals surface area contributed by atoms with Gasteiger partial charge in [0.1, 0.15) is 5.52 Å². The second-order valence-electron chi connectivity index (χ2n) is 2.68. The maximum atomic E-state index is 5.90. The minimum Gasteiger partial charge on any atom is -0.253 e. The van der Waals surface area contributed by atoms with Gasteiger partial charge in [0.25, 0.3) is 0 Å².